The second kappa shape index (κ2) is 8.33. The van der Waals surface area contributed by atoms with Crippen LogP contribution in [0.5, 0.6) is 0 Å². The van der Waals surface area contributed by atoms with E-state index in [9.17, 15) is 4.79 Å². The summed E-state index contributed by atoms with van der Waals surface area (Å²) in [6, 6.07) is 0.414. The van der Waals surface area contributed by atoms with Crippen LogP contribution >= 0.6 is 0 Å². The molecule has 0 radical (unpaired) electrons. The van der Waals surface area contributed by atoms with Gasteiger partial charge in [-0.1, -0.05) is 19.9 Å². The quantitative estimate of drug-likeness (QED) is 0.741. The van der Waals surface area contributed by atoms with E-state index in [4.69, 9.17) is 0 Å². The average molecular weight is 267 g/mol. The summed E-state index contributed by atoms with van der Waals surface area (Å²) in [6.45, 7) is 14.7. The van der Waals surface area contributed by atoms with E-state index in [1.807, 2.05) is 19.9 Å². The monoisotopic (exact) mass is 267 g/mol. The number of amides is 1. The first kappa shape index (κ1) is 16.2. The molecule has 1 fully saturated rings. The lowest BCUT2D eigenvalue weighted by molar-refractivity contribution is -0.117. The van der Waals surface area contributed by atoms with E-state index in [1.54, 1.807) is 0 Å². The Hall–Kier alpha value is -0.870. The van der Waals surface area contributed by atoms with Crippen LogP contribution in [0.2, 0.25) is 0 Å². The van der Waals surface area contributed by atoms with Crippen LogP contribution in [0.4, 0.5) is 0 Å². The fraction of sp³-hybridized carbons (Fsp3) is 0.800. The van der Waals surface area contributed by atoms with E-state index in [-0.39, 0.29) is 5.91 Å². The standard InChI is InChI=1S/C15H29N3O/c1-5-7-13(3)15(19)16-12-14(4)18-10-8-17(6-2)9-11-18/h7,14H,5-6,8-12H2,1-4H3,(H,16,19)/b13-7+/t14-/m0/s1. The molecule has 1 N–H and O–H groups in total. The summed E-state index contributed by atoms with van der Waals surface area (Å²) in [5.74, 6) is 0.0703. The zero-order valence-electron chi connectivity index (χ0n) is 12.9. The minimum atomic E-state index is 0.0703. The molecule has 0 aromatic carbocycles. The van der Waals surface area contributed by atoms with E-state index < -0.39 is 0 Å². The number of nitrogens with zero attached hydrogens (tertiary/aromatic N) is 2. The number of likely N-dealkylation sites (N-methyl/N-ethyl adjacent to an activating group) is 1. The van der Waals surface area contributed by atoms with Crippen molar-refractivity contribution in [1.29, 1.82) is 0 Å². The summed E-state index contributed by atoms with van der Waals surface area (Å²) in [5, 5.41) is 3.03. The number of allylic oxidation sites excluding steroid dienone is 1. The molecule has 1 amide bonds. The first-order valence-corrected chi connectivity index (χ1v) is 7.49. The Morgan fingerprint density at radius 3 is 2.42 bits per heavy atom. The Bertz CT molecular complexity index is 307. The Kier molecular flexibility index (Phi) is 7.10. The van der Waals surface area contributed by atoms with E-state index in [1.165, 1.54) is 0 Å². The van der Waals surface area contributed by atoms with Crippen molar-refractivity contribution in [3.05, 3.63) is 11.6 Å². The normalized spacial score (nSPS) is 20.3. The van der Waals surface area contributed by atoms with Crippen LogP contribution < -0.4 is 5.32 Å². The number of hydrogen-bond acceptors (Lipinski definition) is 3. The van der Waals surface area contributed by atoms with Gasteiger partial charge in [-0.15, -0.1) is 0 Å². The van der Waals surface area contributed by atoms with Gasteiger partial charge in [-0.3, -0.25) is 9.69 Å². The SMILES string of the molecule is CC/C=C(\C)C(=O)NC[C@H](C)N1CCN(CC)CC1. The number of piperazine rings is 1. The molecular weight excluding hydrogens is 238 g/mol. The molecule has 19 heavy (non-hydrogen) atoms. The number of rotatable bonds is 6. The third-order valence-corrected chi connectivity index (χ3v) is 3.90. The fourth-order valence-electron chi connectivity index (χ4n) is 2.43. The molecule has 110 valence electrons. The molecule has 4 nitrogen and oxygen atoms in total. The zero-order valence-corrected chi connectivity index (χ0v) is 12.9. The van der Waals surface area contributed by atoms with Crippen LogP contribution in [-0.4, -0.2) is 61.0 Å². The molecular formula is C15H29N3O. The molecule has 0 aliphatic carbocycles. The van der Waals surface area contributed by atoms with Gasteiger partial charge in [-0.05, 0) is 26.8 Å². The van der Waals surface area contributed by atoms with E-state index in [0.29, 0.717) is 6.04 Å². The smallest absolute Gasteiger partial charge is 0.246 e. The summed E-state index contributed by atoms with van der Waals surface area (Å²) in [5.41, 5.74) is 0.825. The predicted octanol–water partition coefficient (Wildman–Crippen LogP) is 1.48. The highest BCUT2D eigenvalue weighted by molar-refractivity contribution is 5.92. The average Bonchev–Trinajstić information content (AvgIpc) is 2.44. The Balaban J connectivity index is 2.30. The van der Waals surface area contributed by atoms with Crippen molar-refractivity contribution in [3.63, 3.8) is 0 Å². The number of nitrogens with one attached hydrogen (secondary N) is 1. The van der Waals surface area contributed by atoms with Crippen LogP contribution in [0.15, 0.2) is 11.6 Å². The highest BCUT2D eigenvalue weighted by Crippen LogP contribution is 2.05. The molecule has 0 bridgehead atoms. The van der Waals surface area contributed by atoms with Crippen molar-refractivity contribution in [1.82, 2.24) is 15.1 Å². The van der Waals surface area contributed by atoms with Crippen LogP contribution in [0.3, 0.4) is 0 Å². The third kappa shape index (κ3) is 5.33. The lowest BCUT2D eigenvalue weighted by atomic mass is 10.2. The largest absolute Gasteiger partial charge is 0.351 e. The van der Waals surface area contributed by atoms with Crippen LogP contribution in [0.25, 0.3) is 0 Å². The summed E-state index contributed by atoms with van der Waals surface area (Å²) < 4.78 is 0. The lowest BCUT2D eigenvalue weighted by Gasteiger charge is -2.37. The van der Waals surface area contributed by atoms with Crippen molar-refractivity contribution in [3.8, 4) is 0 Å². The summed E-state index contributed by atoms with van der Waals surface area (Å²) in [6.07, 6.45) is 2.88. The van der Waals surface area contributed by atoms with Gasteiger partial charge in [0.15, 0.2) is 0 Å². The lowest BCUT2D eigenvalue weighted by Crippen LogP contribution is -2.52. The van der Waals surface area contributed by atoms with Crippen molar-refractivity contribution >= 4 is 5.91 Å². The maximum absolute atomic E-state index is 11.8. The minimum absolute atomic E-state index is 0.0703. The maximum Gasteiger partial charge on any atom is 0.246 e. The molecule has 0 aromatic rings. The first-order valence-electron chi connectivity index (χ1n) is 7.49. The van der Waals surface area contributed by atoms with E-state index >= 15 is 0 Å². The second-order valence-corrected chi connectivity index (χ2v) is 5.32. The number of carbonyl (C=O) groups excluding carboxylic acids is 1. The zero-order chi connectivity index (χ0) is 14.3. The minimum Gasteiger partial charge on any atom is -0.351 e. The number of carbonyl (C=O) groups is 1. The Morgan fingerprint density at radius 1 is 1.26 bits per heavy atom. The highest BCUT2D eigenvalue weighted by atomic mass is 16.1. The molecule has 0 unspecified atom stereocenters. The van der Waals surface area contributed by atoms with Gasteiger partial charge in [-0.25, -0.2) is 0 Å². The molecule has 4 heteroatoms. The molecule has 0 saturated carbocycles. The molecule has 1 rings (SSSR count). The summed E-state index contributed by atoms with van der Waals surface area (Å²) in [7, 11) is 0. The fourth-order valence-corrected chi connectivity index (χ4v) is 2.43. The molecule has 1 aliphatic rings. The summed E-state index contributed by atoms with van der Waals surface area (Å²) >= 11 is 0. The van der Waals surface area contributed by atoms with Crippen molar-refractivity contribution in [2.24, 2.45) is 0 Å². The number of hydrogen-bond donors (Lipinski definition) is 1. The van der Waals surface area contributed by atoms with Gasteiger partial charge >= 0.3 is 0 Å². The van der Waals surface area contributed by atoms with Crippen LogP contribution in [0.1, 0.15) is 34.1 Å². The van der Waals surface area contributed by atoms with Gasteiger partial charge in [0.1, 0.15) is 0 Å². The van der Waals surface area contributed by atoms with Gasteiger partial charge in [0.2, 0.25) is 5.91 Å². The van der Waals surface area contributed by atoms with Crippen molar-refractivity contribution in [2.45, 2.75) is 40.2 Å². The Morgan fingerprint density at radius 2 is 1.89 bits per heavy atom. The van der Waals surface area contributed by atoms with E-state index in [2.05, 4.69) is 29.0 Å². The van der Waals surface area contributed by atoms with Gasteiger partial charge in [0.05, 0.1) is 0 Å². The third-order valence-electron chi connectivity index (χ3n) is 3.90. The maximum atomic E-state index is 11.8. The summed E-state index contributed by atoms with van der Waals surface area (Å²) in [4.78, 5) is 16.7. The van der Waals surface area contributed by atoms with Crippen molar-refractivity contribution in [2.75, 3.05) is 39.3 Å². The molecule has 0 spiro atoms. The van der Waals surface area contributed by atoms with E-state index in [0.717, 1.165) is 51.3 Å². The Labute approximate surface area is 117 Å². The molecule has 1 saturated heterocycles. The molecule has 0 aromatic heterocycles. The first-order chi connectivity index (χ1) is 9.08. The van der Waals surface area contributed by atoms with Crippen LogP contribution in [-0.2, 0) is 4.79 Å². The van der Waals surface area contributed by atoms with Gasteiger partial charge < -0.3 is 10.2 Å². The van der Waals surface area contributed by atoms with Crippen molar-refractivity contribution < 1.29 is 4.79 Å². The molecule has 1 atom stereocenters. The van der Waals surface area contributed by atoms with Gasteiger partial charge in [0, 0.05) is 44.3 Å². The topological polar surface area (TPSA) is 35.6 Å². The molecule has 1 heterocycles. The predicted molar refractivity (Wildman–Crippen MR) is 80.2 cm³/mol. The second-order valence-electron chi connectivity index (χ2n) is 5.32. The van der Waals surface area contributed by atoms with Crippen LogP contribution in [0, 0.1) is 0 Å². The van der Waals surface area contributed by atoms with Gasteiger partial charge in [0.25, 0.3) is 0 Å². The molecule has 1 aliphatic heterocycles. The van der Waals surface area contributed by atoms with Gasteiger partial charge in [-0.2, -0.15) is 0 Å². The highest BCUT2D eigenvalue weighted by Gasteiger charge is 2.20.